The minimum atomic E-state index is -0.241. The molecule has 0 spiro atoms. The molecule has 0 unspecified atom stereocenters. The molecule has 1 amide bonds. The van der Waals surface area contributed by atoms with Crippen molar-refractivity contribution in [3.8, 4) is 0 Å². The van der Waals surface area contributed by atoms with Gasteiger partial charge in [-0.2, -0.15) is 0 Å². The molecule has 4 rings (SSSR count). The molecule has 1 aliphatic rings. The van der Waals surface area contributed by atoms with Crippen molar-refractivity contribution in [1.29, 1.82) is 0 Å². The molecule has 6 heteroatoms. The molecule has 1 saturated heterocycles. The second kappa shape index (κ2) is 7.13. The zero-order valence-corrected chi connectivity index (χ0v) is 16.1. The average molecular weight is 414 g/mol. The second-order valence-corrected chi connectivity index (χ2v) is 7.38. The van der Waals surface area contributed by atoms with Gasteiger partial charge in [-0.25, -0.2) is 0 Å². The molecule has 3 aromatic rings. The van der Waals surface area contributed by atoms with Crippen LogP contribution in [-0.2, 0) is 0 Å². The van der Waals surface area contributed by atoms with E-state index in [9.17, 15) is 4.79 Å². The van der Waals surface area contributed by atoms with Crippen molar-refractivity contribution in [2.75, 3.05) is 43.4 Å². The van der Waals surface area contributed by atoms with Gasteiger partial charge in [0.25, 0.3) is 5.91 Å². The van der Waals surface area contributed by atoms with Crippen molar-refractivity contribution < 1.29 is 9.21 Å². The summed E-state index contributed by atoms with van der Waals surface area (Å²) in [7, 11) is 2.13. The first-order valence-corrected chi connectivity index (χ1v) is 9.43. The largest absolute Gasteiger partial charge is 0.450 e. The van der Waals surface area contributed by atoms with E-state index in [0.717, 1.165) is 47.4 Å². The third-order valence-electron chi connectivity index (χ3n) is 4.72. The summed E-state index contributed by atoms with van der Waals surface area (Å²) in [4.78, 5) is 17.4. The Morgan fingerprint density at radius 2 is 1.85 bits per heavy atom. The van der Waals surface area contributed by atoms with E-state index in [2.05, 4.69) is 44.2 Å². The molecule has 134 valence electrons. The van der Waals surface area contributed by atoms with Crippen LogP contribution in [0.4, 0.5) is 11.4 Å². The van der Waals surface area contributed by atoms with Gasteiger partial charge in [0.2, 0.25) is 0 Å². The molecular weight excluding hydrogens is 394 g/mol. The molecule has 5 nitrogen and oxygen atoms in total. The Bertz CT molecular complexity index is 945. The zero-order chi connectivity index (χ0) is 18.1. The molecular formula is C20H20BrN3O2. The summed E-state index contributed by atoms with van der Waals surface area (Å²) < 4.78 is 6.59. The number of rotatable bonds is 3. The Kier molecular flexibility index (Phi) is 4.70. The lowest BCUT2D eigenvalue weighted by molar-refractivity contribution is 0.0998. The van der Waals surface area contributed by atoms with Crippen LogP contribution in [0.5, 0.6) is 0 Å². The maximum absolute atomic E-state index is 12.7. The molecule has 2 aromatic carbocycles. The van der Waals surface area contributed by atoms with Gasteiger partial charge in [-0.1, -0.05) is 24.3 Å². The van der Waals surface area contributed by atoms with E-state index in [1.54, 1.807) is 6.07 Å². The summed E-state index contributed by atoms with van der Waals surface area (Å²) in [6.07, 6.45) is 0. The SMILES string of the molecule is CN1CCN(c2ccccc2NC(=O)c2cc3cccc(Br)c3o2)CC1. The van der Waals surface area contributed by atoms with Gasteiger partial charge in [-0.15, -0.1) is 0 Å². The van der Waals surface area contributed by atoms with Crippen LogP contribution >= 0.6 is 15.9 Å². The quantitative estimate of drug-likeness (QED) is 0.698. The minimum absolute atomic E-state index is 0.241. The monoisotopic (exact) mass is 413 g/mol. The van der Waals surface area contributed by atoms with E-state index in [1.165, 1.54) is 0 Å². The summed E-state index contributed by atoms with van der Waals surface area (Å²) >= 11 is 3.46. The molecule has 0 radical (unpaired) electrons. The van der Waals surface area contributed by atoms with E-state index < -0.39 is 0 Å². The lowest BCUT2D eigenvalue weighted by Gasteiger charge is -2.35. The highest BCUT2D eigenvalue weighted by molar-refractivity contribution is 9.10. The topological polar surface area (TPSA) is 48.7 Å². The third-order valence-corrected chi connectivity index (χ3v) is 5.34. The van der Waals surface area contributed by atoms with Gasteiger partial charge in [0.15, 0.2) is 5.76 Å². The zero-order valence-electron chi connectivity index (χ0n) is 14.5. The molecule has 0 saturated carbocycles. The standard InChI is InChI=1S/C20H20BrN3O2/c1-23-9-11-24(12-10-23)17-8-3-2-7-16(17)22-20(25)18-13-14-5-4-6-15(21)19(14)26-18/h2-8,13H,9-12H2,1H3,(H,22,25). The van der Waals surface area contributed by atoms with Crippen molar-refractivity contribution in [2.24, 2.45) is 0 Å². The molecule has 1 fully saturated rings. The number of halogens is 1. The maximum Gasteiger partial charge on any atom is 0.291 e. The summed E-state index contributed by atoms with van der Waals surface area (Å²) in [5.41, 5.74) is 2.54. The number of likely N-dealkylation sites (N-methyl/N-ethyl adjacent to an activating group) is 1. The normalized spacial score (nSPS) is 15.4. The Morgan fingerprint density at radius 1 is 1.08 bits per heavy atom. The lowest BCUT2D eigenvalue weighted by atomic mass is 10.2. The van der Waals surface area contributed by atoms with Crippen LogP contribution in [0.15, 0.2) is 57.4 Å². The number of nitrogens with zero attached hydrogens (tertiary/aromatic N) is 2. The highest BCUT2D eigenvalue weighted by Gasteiger charge is 2.19. The van der Waals surface area contributed by atoms with E-state index in [-0.39, 0.29) is 5.91 Å². The van der Waals surface area contributed by atoms with E-state index in [1.807, 2.05) is 36.4 Å². The molecule has 0 atom stereocenters. The molecule has 1 N–H and O–H groups in total. The summed E-state index contributed by atoms with van der Waals surface area (Å²) in [6, 6.07) is 15.4. The number of carbonyl (C=O) groups is 1. The van der Waals surface area contributed by atoms with Crippen molar-refractivity contribution in [2.45, 2.75) is 0 Å². The first-order valence-electron chi connectivity index (χ1n) is 8.64. The first-order chi connectivity index (χ1) is 12.6. The molecule has 1 aliphatic heterocycles. The van der Waals surface area contributed by atoms with Crippen molar-refractivity contribution in [3.05, 3.63) is 58.8 Å². The van der Waals surface area contributed by atoms with E-state index in [4.69, 9.17) is 4.42 Å². The first kappa shape index (κ1) is 17.1. The van der Waals surface area contributed by atoms with Gasteiger partial charge < -0.3 is 19.5 Å². The Labute approximate surface area is 160 Å². The Balaban J connectivity index is 1.58. The number of benzene rings is 2. The van der Waals surface area contributed by atoms with Gasteiger partial charge in [-0.05, 0) is 47.2 Å². The van der Waals surface area contributed by atoms with E-state index in [0.29, 0.717) is 11.3 Å². The van der Waals surface area contributed by atoms with Crippen LogP contribution in [0.2, 0.25) is 0 Å². The van der Waals surface area contributed by atoms with Crippen LogP contribution in [0.3, 0.4) is 0 Å². The van der Waals surface area contributed by atoms with Gasteiger partial charge >= 0.3 is 0 Å². The van der Waals surface area contributed by atoms with E-state index >= 15 is 0 Å². The molecule has 0 aliphatic carbocycles. The van der Waals surface area contributed by atoms with Crippen molar-refractivity contribution in [1.82, 2.24) is 4.90 Å². The van der Waals surface area contributed by atoms with Crippen LogP contribution < -0.4 is 10.2 Å². The lowest BCUT2D eigenvalue weighted by Crippen LogP contribution is -2.44. The van der Waals surface area contributed by atoms with Gasteiger partial charge in [-0.3, -0.25) is 4.79 Å². The fourth-order valence-corrected chi connectivity index (χ4v) is 3.69. The number of piperazine rings is 1. The minimum Gasteiger partial charge on any atom is -0.450 e. The summed E-state index contributed by atoms with van der Waals surface area (Å²) in [5, 5.41) is 3.91. The number of nitrogens with one attached hydrogen (secondary N) is 1. The molecule has 2 heterocycles. The number of hydrogen-bond acceptors (Lipinski definition) is 4. The molecule has 26 heavy (non-hydrogen) atoms. The van der Waals surface area contributed by atoms with Crippen LogP contribution in [0.25, 0.3) is 11.0 Å². The predicted molar refractivity (Wildman–Crippen MR) is 108 cm³/mol. The number of anilines is 2. The smallest absolute Gasteiger partial charge is 0.291 e. The average Bonchev–Trinajstić information content (AvgIpc) is 3.09. The number of para-hydroxylation sites is 3. The predicted octanol–water partition coefficient (Wildman–Crippen LogP) is 4.20. The number of carbonyl (C=O) groups excluding carboxylic acids is 1. The second-order valence-electron chi connectivity index (χ2n) is 6.53. The maximum atomic E-state index is 12.7. The fraction of sp³-hybridized carbons (Fsp3) is 0.250. The Morgan fingerprint density at radius 3 is 2.62 bits per heavy atom. The third kappa shape index (κ3) is 3.34. The number of amides is 1. The van der Waals surface area contributed by atoms with Crippen LogP contribution in [0.1, 0.15) is 10.6 Å². The Hall–Kier alpha value is -2.31. The van der Waals surface area contributed by atoms with Crippen molar-refractivity contribution >= 4 is 44.2 Å². The van der Waals surface area contributed by atoms with Gasteiger partial charge in [0.05, 0.1) is 15.8 Å². The van der Waals surface area contributed by atoms with Crippen LogP contribution in [-0.4, -0.2) is 44.0 Å². The summed E-state index contributed by atoms with van der Waals surface area (Å²) in [5.74, 6) is 0.0646. The van der Waals surface area contributed by atoms with Gasteiger partial charge in [0.1, 0.15) is 5.58 Å². The summed E-state index contributed by atoms with van der Waals surface area (Å²) in [6.45, 7) is 3.92. The van der Waals surface area contributed by atoms with Crippen LogP contribution in [0, 0.1) is 0 Å². The fourth-order valence-electron chi connectivity index (χ4n) is 3.23. The highest BCUT2D eigenvalue weighted by Crippen LogP contribution is 2.29. The number of furan rings is 1. The molecule has 1 aromatic heterocycles. The number of fused-ring (bicyclic) bond motifs is 1. The molecule has 0 bridgehead atoms. The van der Waals surface area contributed by atoms with Crippen molar-refractivity contribution in [3.63, 3.8) is 0 Å². The highest BCUT2D eigenvalue weighted by atomic mass is 79.9. The van der Waals surface area contributed by atoms with Gasteiger partial charge in [0, 0.05) is 31.6 Å². The number of hydrogen-bond donors (Lipinski definition) is 1.